The normalized spacial score (nSPS) is 18.8. The van der Waals surface area contributed by atoms with Gasteiger partial charge in [-0.05, 0) is 20.3 Å². The third kappa shape index (κ3) is 4.18. The molecule has 1 aliphatic rings. The van der Waals surface area contributed by atoms with Crippen molar-refractivity contribution in [2.45, 2.75) is 32.7 Å². The highest BCUT2D eigenvalue weighted by molar-refractivity contribution is 7.09. The van der Waals surface area contributed by atoms with Gasteiger partial charge in [-0.1, -0.05) is 0 Å². The average molecular weight is 283 g/mol. The lowest BCUT2D eigenvalue weighted by atomic mass is 10.2. The number of rotatable bonds is 5. The van der Waals surface area contributed by atoms with Crippen molar-refractivity contribution >= 4 is 17.4 Å². The Bertz CT molecular complexity index is 422. The van der Waals surface area contributed by atoms with Crippen LogP contribution in [0.25, 0.3) is 0 Å². The Hall–Kier alpha value is -1.14. The maximum absolute atomic E-state index is 11.6. The number of hydrogen-bond acceptors (Lipinski definition) is 5. The van der Waals surface area contributed by atoms with Crippen molar-refractivity contribution in [2.24, 2.45) is 0 Å². The van der Waals surface area contributed by atoms with E-state index in [2.05, 4.69) is 15.7 Å². The molecular formula is C13H21N3O2S. The fourth-order valence-electron chi connectivity index (χ4n) is 2.21. The molecule has 2 rings (SSSR count). The van der Waals surface area contributed by atoms with Crippen LogP contribution in [0.4, 0.5) is 4.79 Å². The quantitative estimate of drug-likeness (QED) is 0.895. The van der Waals surface area contributed by atoms with Crippen molar-refractivity contribution in [3.63, 3.8) is 0 Å². The minimum absolute atomic E-state index is 0.192. The Morgan fingerprint density at radius 2 is 2.53 bits per heavy atom. The Morgan fingerprint density at radius 1 is 1.68 bits per heavy atom. The lowest BCUT2D eigenvalue weighted by Crippen LogP contribution is -2.36. The third-order valence-electron chi connectivity index (χ3n) is 3.15. The number of carbonyl (C=O) groups is 1. The van der Waals surface area contributed by atoms with Crippen molar-refractivity contribution in [2.75, 3.05) is 26.2 Å². The lowest BCUT2D eigenvalue weighted by Gasteiger charge is -2.16. The molecule has 0 unspecified atom stereocenters. The molecule has 106 valence electrons. The molecule has 1 saturated heterocycles. The van der Waals surface area contributed by atoms with Gasteiger partial charge < -0.3 is 15.0 Å². The summed E-state index contributed by atoms with van der Waals surface area (Å²) in [6.07, 6.45) is 1.76. The van der Waals surface area contributed by atoms with Gasteiger partial charge in [-0.3, -0.25) is 0 Å². The summed E-state index contributed by atoms with van der Waals surface area (Å²) in [5, 5.41) is 6.73. The molecule has 0 aromatic carbocycles. The van der Waals surface area contributed by atoms with E-state index in [0.29, 0.717) is 12.6 Å². The number of aryl methyl sites for hydroxylation is 1. The van der Waals surface area contributed by atoms with Gasteiger partial charge in [0.25, 0.3) is 0 Å². The number of thiazole rings is 1. The molecule has 1 aliphatic heterocycles. The second-order valence-electron chi connectivity index (χ2n) is 4.72. The molecule has 2 heterocycles. The van der Waals surface area contributed by atoms with Crippen molar-refractivity contribution in [1.29, 1.82) is 0 Å². The van der Waals surface area contributed by atoms with E-state index in [4.69, 9.17) is 4.74 Å². The monoisotopic (exact) mass is 283 g/mol. The molecule has 0 spiro atoms. The minimum atomic E-state index is -0.192. The van der Waals surface area contributed by atoms with Gasteiger partial charge in [0.15, 0.2) is 0 Å². The highest BCUT2D eigenvalue weighted by Crippen LogP contribution is 2.12. The molecule has 1 atom stereocenters. The maximum Gasteiger partial charge on any atom is 0.409 e. The first-order valence-electron chi connectivity index (χ1n) is 6.75. The van der Waals surface area contributed by atoms with Gasteiger partial charge >= 0.3 is 6.09 Å². The number of likely N-dealkylation sites (tertiary alicyclic amines) is 1. The Labute approximate surface area is 118 Å². The van der Waals surface area contributed by atoms with Crippen LogP contribution < -0.4 is 5.32 Å². The zero-order valence-electron chi connectivity index (χ0n) is 11.5. The number of aromatic nitrogens is 1. The van der Waals surface area contributed by atoms with Crippen LogP contribution in [-0.4, -0.2) is 48.3 Å². The second kappa shape index (κ2) is 6.86. The first-order valence-corrected chi connectivity index (χ1v) is 7.63. The van der Waals surface area contributed by atoms with Gasteiger partial charge in [0.05, 0.1) is 11.6 Å². The summed E-state index contributed by atoms with van der Waals surface area (Å²) >= 11 is 1.71. The number of ether oxygens (including phenoxy) is 1. The van der Waals surface area contributed by atoms with Crippen molar-refractivity contribution in [3.05, 3.63) is 16.1 Å². The summed E-state index contributed by atoms with van der Waals surface area (Å²) in [5.74, 6) is 0. The molecule has 5 nitrogen and oxygen atoms in total. The Kier molecular flexibility index (Phi) is 5.15. The van der Waals surface area contributed by atoms with Gasteiger partial charge in [0.2, 0.25) is 0 Å². The Balaban J connectivity index is 1.66. The van der Waals surface area contributed by atoms with Crippen LogP contribution in [0.3, 0.4) is 0 Å². The molecule has 1 fully saturated rings. The molecule has 0 bridgehead atoms. The van der Waals surface area contributed by atoms with Crippen LogP contribution in [0.1, 0.15) is 24.0 Å². The molecule has 0 radical (unpaired) electrons. The van der Waals surface area contributed by atoms with Crippen LogP contribution in [0.5, 0.6) is 0 Å². The molecular weight excluding hydrogens is 262 g/mol. The maximum atomic E-state index is 11.6. The van der Waals surface area contributed by atoms with E-state index in [1.165, 1.54) is 5.01 Å². The van der Waals surface area contributed by atoms with Crippen LogP contribution in [-0.2, 0) is 11.2 Å². The molecule has 1 aromatic rings. The first-order chi connectivity index (χ1) is 9.19. The highest BCUT2D eigenvalue weighted by Gasteiger charge is 2.26. The molecule has 0 aliphatic carbocycles. The molecule has 0 saturated carbocycles. The van der Waals surface area contributed by atoms with Gasteiger partial charge in [-0.25, -0.2) is 9.78 Å². The SMILES string of the molecule is CCOC(=O)N1CC[C@@H](NCCc2nc(C)cs2)C1. The zero-order valence-corrected chi connectivity index (χ0v) is 12.3. The summed E-state index contributed by atoms with van der Waals surface area (Å²) in [7, 11) is 0. The standard InChI is InChI=1S/C13H21N3O2S/c1-3-18-13(17)16-7-5-11(8-16)14-6-4-12-15-10(2)9-19-12/h9,11,14H,3-8H2,1-2H3/t11-/m1/s1. The van der Waals surface area contributed by atoms with Gasteiger partial charge in [-0.2, -0.15) is 0 Å². The van der Waals surface area contributed by atoms with Gasteiger partial charge in [-0.15, -0.1) is 11.3 Å². The van der Waals surface area contributed by atoms with E-state index in [0.717, 1.165) is 38.2 Å². The number of nitrogens with zero attached hydrogens (tertiary/aromatic N) is 2. The topological polar surface area (TPSA) is 54.5 Å². The summed E-state index contributed by atoms with van der Waals surface area (Å²) < 4.78 is 5.00. The van der Waals surface area contributed by atoms with E-state index in [1.807, 2.05) is 13.8 Å². The molecule has 1 amide bonds. The highest BCUT2D eigenvalue weighted by atomic mass is 32.1. The third-order valence-corrected chi connectivity index (χ3v) is 4.18. The smallest absolute Gasteiger partial charge is 0.409 e. The zero-order chi connectivity index (χ0) is 13.7. The van der Waals surface area contributed by atoms with Crippen molar-refractivity contribution < 1.29 is 9.53 Å². The number of amides is 1. The van der Waals surface area contributed by atoms with Gasteiger partial charge in [0.1, 0.15) is 0 Å². The average Bonchev–Trinajstić information content (AvgIpc) is 2.99. The van der Waals surface area contributed by atoms with E-state index in [1.54, 1.807) is 16.2 Å². The summed E-state index contributed by atoms with van der Waals surface area (Å²) in [5.41, 5.74) is 1.09. The number of nitrogens with one attached hydrogen (secondary N) is 1. The van der Waals surface area contributed by atoms with Crippen LogP contribution >= 0.6 is 11.3 Å². The number of hydrogen-bond donors (Lipinski definition) is 1. The second-order valence-corrected chi connectivity index (χ2v) is 5.66. The minimum Gasteiger partial charge on any atom is -0.450 e. The van der Waals surface area contributed by atoms with E-state index in [9.17, 15) is 4.79 Å². The summed E-state index contributed by atoms with van der Waals surface area (Å²) in [6.45, 7) is 6.73. The molecule has 6 heteroatoms. The predicted molar refractivity (Wildman–Crippen MR) is 75.6 cm³/mol. The van der Waals surface area contributed by atoms with Crippen molar-refractivity contribution in [3.8, 4) is 0 Å². The summed E-state index contributed by atoms with van der Waals surface area (Å²) in [6, 6.07) is 0.380. The van der Waals surface area contributed by atoms with Crippen LogP contribution in [0, 0.1) is 6.92 Å². The van der Waals surface area contributed by atoms with Crippen molar-refractivity contribution in [1.82, 2.24) is 15.2 Å². The molecule has 1 aromatic heterocycles. The fourth-order valence-corrected chi connectivity index (χ4v) is 2.98. The predicted octanol–water partition coefficient (Wildman–Crippen LogP) is 1.81. The largest absolute Gasteiger partial charge is 0.450 e. The number of carbonyl (C=O) groups excluding carboxylic acids is 1. The molecule has 19 heavy (non-hydrogen) atoms. The fraction of sp³-hybridized carbons (Fsp3) is 0.692. The summed E-state index contributed by atoms with van der Waals surface area (Å²) in [4.78, 5) is 17.8. The lowest BCUT2D eigenvalue weighted by molar-refractivity contribution is 0.115. The Morgan fingerprint density at radius 3 is 3.21 bits per heavy atom. The molecule has 1 N–H and O–H groups in total. The van der Waals surface area contributed by atoms with Gasteiger partial charge in [0, 0.05) is 43.2 Å². The van der Waals surface area contributed by atoms with E-state index in [-0.39, 0.29) is 6.09 Å². The van der Waals surface area contributed by atoms with Crippen LogP contribution in [0.2, 0.25) is 0 Å². The van der Waals surface area contributed by atoms with E-state index >= 15 is 0 Å². The first kappa shape index (κ1) is 14.3. The van der Waals surface area contributed by atoms with Crippen LogP contribution in [0.15, 0.2) is 5.38 Å². The van der Waals surface area contributed by atoms with E-state index < -0.39 is 0 Å².